The maximum atomic E-state index is 12.7. The maximum absolute atomic E-state index is 12.7. The van der Waals surface area contributed by atoms with Crippen LogP contribution in [0, 0.1) is 11.3 Å². The molecule has 0 atom stereocenters. The topological polar surface area (TPSA) is 66.2 Å². The molecular formula is C25H16ClN3O2S. The SMILES string of the molecule is N#Cc1ccccc1CN1C(=O)COc2ccc(-c3csc(-c4ccccc4Cl)n3)cc21. The van der Waals surface area contributed by atoms with Gasteiger partial charge < -0.3 is 9.64 Å². The molecule has 1 aliphatic rings. The average Bonchev–Trinajstić information content (AvgIpc) is 3.31. The van der Waals surface area contributed by atoms with E-state index in [0.717, 1.165) is 27.4 Å². The summed E-state index contributed by atoms with van der Waals surface area (Å²) in [4.78, 5) is 19.2. The molecule has 0 bridgehead atoms. The van der Waals surface area contributed by atoms with E-state index in [2.05, 4.69) is 6.07 Å². The van der Waals surface area contributed by atoms with Crippen LogP contribution >= 0.6 is 22.9 Å². The van der Waals surface area contributed by atoms with Gasteiger partial charge >= 0.3 is 0 Å². The van der Waals surface area contributed by atoms with Crippen molar-refractivity contribution in [2.75, 3.05) is 11.5 Å². The summed E-state index contributed by atoms with van der Waals surface area (Å²) in [5.74, 6) is 0.474. The minimum Gasteiger partial charge on any atom is -0.482 e. The third-order valence-corrected chi connectivity index (χ3v) is 6.48. The Hall–Kier alpha value is -3.66. The lowest BCUT2D eigenvalue weighted by Crippen LogP contribution is -2.38. The monoisotopic (exact) mass is 457 g/mol. The third-order valence-electron chi connectivity index (χ3n) is 5.27. The number of carbonyl (C=O) groups is 1. The highest BCUT2D eigenvalue weighted by molar-refractivity contribution is 7.13. The lowest BCUT2D eigenvalue weighted by atomic mass is 10.1. The van der Waals surface area contributed by atoms with E-state index in [4.69, 9.17) is 21.3 Å². The van der Waals surface area contributed by atoms with E-state index in [1.807, 2.05) is 66.0 Å². The van der Waals surface area contributed by atoms with E-state index in [-0.39, 0.29) is 12.5 Å². The molecule has 0 radical (unpaired) electrons. The van der Waals surface area contributed by atoms with Gasteiger partial charge in [-0.3, -0.25) is 4.79 Å². The summed E-state index contributed by atoms with van der Waals surface area (Å²) in [6, 6.07) is 22.8. The number of rotatable bonds is 4. The predicted octanol–water partition coefficient (Wildman–Crippen LogP) is 5.93. The van der Waals surface area contributed by atoms with Crippen LogP contribution in [0.5, 0.6) is 5.75 Å². The molecule has 0 saturated heterocycles. The van der Waals surface area contributed by atoms with E-state index < -0.39 is 0 Å². The molecule has 2 heterocycles. The fraction of sp³-hybridized carbons (Fsp3) is 0.0800. The third kappa shape index (κ3) is 3.73. The van der Waals surface area contributed by atoms with Crippen molar-refractivity contribution in [3.63, 3.8) is 0 Å². The molecule has 7 heteroatoms. The second-order valence-electron chi connectivity index (χ2n) is 7.24. The minimum atomic E-state index is -0.155. The second-order valence-corrected chi connectivity index (χ2v) is 8.50. The first-order valence-electron chi connectivity index (χ1n) is 9.90. The minimum absolute atomic E-state index is 0.0333. The van der Waals surface area contributed by atoms with Crippen LogP contribution in [0.3, 0.4) is 0 Å². The summed E-state index contributed by atoms with van der Waals surface area (Å²) in [6.45, 7) is 0.263. The molecule has 0 spiro atoms. The Balaban J connectivity index is 1.52. The number of fused-ring (bicyclic) bond motifs is 1. The Morgan fingerprint density at radius 1 is 1.12 bits per heavy atom. The standard InChI is InChI=1S/C25H16ClN3O2S/c26-20-8-4-3-7-19(20)25-28-21(15-32-25)16-9-10-23-22(11-16)29(24(30)14-31-23)13-18-6-2-1-5-17(18)12-27/h1-11,15H,13-14H2. The number of ether oxygens (including phenoxy) is 1. The Labute approximate surface area is 194 Å². The number of amides is 1. The smallest absolute Gasteiger partial charge is 0.265 e. The molecule has 5 rings (SSSR count). The van der Waals surface area contributed by atoms with Crippen molar-refractivity contribution >= 4 is 34.5 Å². The van der Waals surface area contributed by atoms with E-state index in [9.17, 15) is 10.1 Å². The van der Waals surface area contributed by atoms with Gasteiger partial charge in [0.25, 0.3) is 5.91 Å². The van der Waals surface area contributed by atoms with Crippen LogP contribution in [-0.2, 0) is 11.3 Å². The van der Waals surface area contributed by atoms with Gasteiger partial charge in [-0.25, -0.2) is 4.98 Å². The Morgan fingerprint density at radius 3 is 2.78 bits per heavy atom. The van der Waals surface area contributed by atoms with Gasteiger partial charge in [-0.1, -0.05) is 48.0 Å². The van der Waals surface area contributed by atoms with E-state index >= 15 is 0 Å². The number of halogens is 1. The Bertz CT molecular complexity index is 1380. The molecule has 0 saturated carbocycles. The first-order valence-corrected chi connectivity index (χ1v) is 11.2. The summed E-state index contributed by atoms with van der Waals surface area (Å²) in [6.07, 6.45) is 0. The van der Waals surface area contributed by atoms with Crippen molar-refractivity contribution < 1.29 is 9.53 Å². The summed E-state index contributed by atoms with van der Waals surface area (Å²) in [7, 11) is 0. The van der Waals surface area contributed by atoms with Gasteiger partial charge in [-0.15, -0.1) is 11.3 Å². The van der Waals surface area contributed by atoms with Crippen LogP contribution in [0.15, 0.2) is 72.1 Å². The molecular weight excluding hydrogens is 442 g/mol. The van der Waals surface area contributed by atoms with Gasteiger partial charge in [0.2, 0.25) is 0 Å². The predicted molar refractivity (Wildman–Crippen MR) is 126 cm³/mol. The molecule has 32 heavy (non-hydrogen) atoms. The summed E-state index contributed by atoms with van der Waals surface area (Å²) < 4.78 is 5.65. The molecule has 1 aromatic heterocycles. The number of nitrogens with zero attached hydrogens (tertiary/aromatic N) is 3. The van der Waals surface area contributed by atoms with Crippen molar-refractivity contribution in [2.24, 2.45) is 0 Å². The molecule has 0 fully saturated rings. The largest absolute Gasteiger partial charge is 0.482 e. The number of hydrogen-bond donors (Lipinski definition) is 0. The van der Waals surface area contributed by atoms with Crippen molar-refractivity contribution in [3.05, 3.63) is 88.3 Å². The van der Waals surface area contributed by atoms with Crippen molar-refractivity contribution in [2.45, 2.75) is 6.54 Å². The van der Waals surface area contributed by atoms with Gasteiger partial charge in [0.05, 0.1) is 34.6 Å². The van der Waals surface area contributed by atoms with Crippen LogP contribution in [0.1, 0.15) is 11.1 Å². The highest BCUT2D eigenvalue weighted by Gasteiger charge is 2.27. The molecule has 1 aliphatic heterocycles. The average molecular weight is 458 g/mol. The summed E-state index contributed by atoms with van der Waals surface area (Å²) in [5, 5.41) is 12.9. The zero-order chi connectivity index (χ0) is 22.1. The fourth-order valence-electron chi connectivity index (χ4n) is 3.64. The number of anilines is 1. The Morgan fingerprint density at radius 2 is 1.94 bits per heavy atom. The molecule has 156 valence electrons. The van der Waals surface area contributed by atoms with Gasteiger partial charge in [-0.2, -0.15) is 5.26 Å². The first-order chi connectivity index (χ1) is 15.6. The number of carbonyl (C=O) groups excluding carboxylic acids is 1. The van der Waals surface area contributed by atoms with Crippen LogP contribution in [0.4, 0.5) is 5.69 Å². The van der Waals surface area contributed by atoms with E-state index in [1.165, 1.54) is 11.3 Å². The highest BCUT2D eigenvalue weighted by atomic mass is 35.5. The van der Waals surface area contributed by atoms with Crippen LogP contribution in [0.2, 0.25) is 5.02 Å². The maximum Gasteiger partial charge on any atom is 0.265 e. The van der Waals surface area contributed by atoms with Gasteiger partial charge in [-0.05, 0) is 35.9 Å². The van der Waals surface area contributed by atoms with Gasteiger partial charge in [0.1, 0.15) is 10.8 Å². The summed E-state index contributed by atoms with van der Waals surface area (Å²) in [5.41, 5.74) is 4.55. The zero-order valence-electron chi connectivity index (χ0n) is 16.8. The van der Waals surface area contributed by atoms with Gasteiger partial charge in [0.15, 0.2) is 6.61 Å². The summed E-state index contributed by atoms with van der Waals surface area (Å²) >= 11 is 7.84. The number of aromatic nitrogens is 1. The normalized spacial score (nSPS) is 12.8. The number of thiazole rings is 1. The van der Waals surface area contributed by atoms with Crippen LogP contribution in [0.25, 0.3) is 21.8 Å². The van der Waals surface area contributed by atoms with Crippen molar-refractivity contribution in [1.82, 2.24) is 4.98 Å². The Kier molecular flexibility index (Phi) is 5.36. The molecule has 3 aromatic carbocycles. The quantitative estimate of drug-likeness (QED) is 0.381. The lowest BCUT2D eigenvalue weighted by molar-refractivity contribution is -0.121. The first kappa shape index (κ1) is 20.3. The van der Waals surface area contributed by atoms with Crippen molar-refractivity contribution in [1.29, 1.82) is 5.26 Å². The van der Waals surface area contributed by atoms with E-state index in [1.54, 1.807) is 11.0 Å². The molecule has 5 nitrogen and oxygen atoms in total. The molecule has 4 aromatic rings. The molecule has 1 amide bonds. The zero-order valence-corrected chi connectivity index (χ0v) is 18.4. The highest BCUT2D eigenvalue weighted by Crippen LogP contribution is 2.39. The molecule has 0 aliphatic carbocycles. The van der Waals surface area contributed by atoms with Gasteiger partial charge in [0, 0.05) is 16.5 Å². The number of benzene rings is 3. The number of hydrogen-bond acceptors (Lipinski definition) is 5. The number of nitriles is 1. The molecule has 0 N–H and O–H groups in total. The van der Waals surface area contributed by atoms with Crippen LogP contribution in [-0.4, -0.2) is 17.5 Å². The second kappa shape index (κ2) is 8.46. The van der Waals surface area contributed by atoms with Crippen LogP contribution < -0.4 is 9.64 Å². The van der Waals surface area contributed by atoms with Crippen molar-refractivity contribution in [3.8, 4) is 33.6 Å². The molecule has 0 unspecified atom stereocenters. The lowest BCUT2D eigenvalue weighted by Gasteiger charge is -2.30. The van der Waals surface area contributed by atoms with E-state index in [0.29, 0.717) is 28.6 Å². The fourth-order valence-corrected chi connectivity index (χ4v) is 4.79.